The van der Waals surface area contributed by atoms with Gasteiger partial charge in [0.05, 0.1) is 11.4 Å². The summed E-state index contributed by atoms with van der Waals surface area (Å²) in [7, 11) is 0. The Balaban J connectivity index is 2.10. The molecule has 0 radical (unpaired) electrons. The lowest BCUT2D eigenvalue weighted by Gasteiger charge is -2.32. The van der Waals surface area contributed by atoms with Gasteiger partial charge in [0.15, 0.2) is 0 Å². The Labute approximate surface area is 112 Å². The van der Waals surface area contributed by atoms with Crippen molar-refractivity contribution in [3.05, 3.63) is 22.7 Å². The molecule has 2 nitrogen and oxygen atoms in total. The lowest BCUT2D eigenvalue weighted by atomic mass is 9.83. The fourth-order valence-corrected chi connectivity index (χ4v) is 3.10. The van der Waals surface area contributed by atoms with E-state index in [2.05, 4.69) is 34.2 Å². The number of rotatable bonds is 3. The summed E-state index contributed by atoms with van der Waals surface area (Å²) >= 11 is 3.50. The van der Waals surface area contributed by atoms with E-state index in [1.165, 1.54) is 32.1 Å². The molecule has 3 heteroatoms. The molecule has 17 heavy (non-hydrogen) atoms. The zero-order valence-electron chi connectivity index (χ0n) is 10.4. The van der Waals surface area contributed by atoms with E-state index in [0.717, 1.165) is 21.8 Å². The minimum atomic E-state index is 0.588. The molecular weight excluding hydrogens is 276 g/mol. The van der Waals surface area contributed by atoms with Crippen molar-refractivity contribution in [2.45, 2.75) is 45.1 Å². The van der Waals surface area contributed by atoms with Crippen LogP contribution in [0.15, 0.2) is 22.7 Å². The van der Waals surface area contributed by atoms with Gasteiger partial charge in [-0.1, -0.05) is 42.1 Å². The second kappa shape index (κ2) is 5.76. The van der Waals surface area contributed by atoms with Crippen LogP contribution in [0.5, 0.6) is 0 Å². The van der Waals surface area contributed by atoms with Gasteiger partial charge in [-0.2, -0.15) is 0 Å². The van der Waals surface area contributed by atoms with Crippen molar-refractivity contribution < 1.29 is 0 Å². The Kier molecular flexibility index (Phi) is 4.32. The maximum Gasteiger partial charge on any atom is 0.0587 e. The molecule has 0 heterocycles. The smallest absolute Gasteiger partial charge is 0.0587 e. The second-order valence-electron chi connectivity index (χ2n) is 4.94. The van der Waals surface area contributed by atoms with Gasteiger partial charge in [-0.15, -0.1) is 0 Å². The van der Waals surface area contributed by atoms with E-state index in [0.29, 0.717) is 6.04 Å². The number of nitrogen functional groups attached to an aromatic ring is 1. The van der Waals surface area contributed by atoms with Crippen LogP contribution in [-0.4, -0.2) is 6.04 Å². The third kappa shape index (κ3) is 3.15. The quantitative estimate of drug-likeness (QED) is 0.811. The predicted molar refractivity (Wildman–Crippen MR) is 78.2 cm³/mol. The van der Waals surface area contributed by atoms with Crippen LogP contribution in [0, 0.1) is 5.92 Å². The lowest BCUT2D eigenvalue weighted by molar-refractivity contribution is 0.317. The molecule has 1 aromatic carbocycles. The second-order valence-corrected chi connectivity index (χ2v) is 5.85. The van der Waals surface area contributed by atoms with Crippen molar-refractivity contribution in [2.24, 2.45) is 5.92 Å². The van der Waals surface area contributed by atoms with E-state index >= 15 is 0 Å². The first kappa shape index (κ1) is 12.7. The van der Waals surface area contributed by atoms with Crippen molar-refractivity contribution >= 4 is 27.3 Å². The maximum atomic E-state index is 6.01. The van der Waals surface area contributed by atoms with E-state index in [4.69, 9.17) is 5.73 Å². The first-order valence-electron chi connectivity index (χ1n) is 6.52. The highest BCUT2D eigenvalue weighted by atomic mass is 79.9. The monoisotopic (exact) mass is 296 g/mol. The van der Waals surface area contributed by atoms with Gasteiger partial charge in [0.25, 0.3) is 0 Å². The minimum absolute atomic E-state index is 0.588. The standard InChI is InChI=1S/C14H21BrN2/c1-2-10-5-3-4-6-13(10)17-14-9-11(15)7-8-12(14)16/h7-10,13,17H,2-6,16H2,1H3. The average molecular weight is 297 g/mol. The zero-order chi connectivity index (χ0) is 12.3. The normalized spacial score (nSPS) is 24.6. The van der Waals surface area contributed by atoms with Crippen molar-refractivity contribution in [3.63, 3.8) is 0 Å². The van der Waals surface area contributed by atoms with Gasteiger partial charge in [0, 0.05) is 10.5 Å². The number of benzene rings is 1. The molecule has 0 amide bonds. The Bertz CT molecular complexity index is 378. The van der Waals surface area contributed by atoms with Gasteiger partial charge >= 0.3 is 0 Å². The Hall–Kier alpha value is -0.700. The molecule has 94 valence electrons. The van der Waals surface area contributed by atoms with Crippen LogP contribution >= 0.6 is 15.9 Å². The largest absolute Gasteiger partial charge is 0.397 e. The molecule has 2 rings (SSSR count). The summed E-state index contributed by atoms with van der Waals surface area (Å²) in [6, 6.07) is 6.61. The molecule has 1 aliphatic rings. The van der Waals surface area contributed by atoms with Crippen LogP contribution < -0.4 is 11.1 Å². The lowest BCUT2D eigenvalue weighted by Crippen LogP contribution is -2.32. The molecule has 3 N–H and O–H groups in total. The van der Waals surface area contributed by atoms with E-state index in [1.807, 2.05) is 12.1 Å². The SMILES string of the molecule is CCC1CCCCC1Nc1cc(Br)ccc1N. The first-order chi connectivity index (χ1) is 8.20. The van der Waals surface area contributed by atoms with Crippen LogP contribution in [0.3, 0.4) is 0 Å². The summed E-state index contributed by atoms with van der Waals surface area (Å²) in [5, 5.41) is 3.64. The summed E-state index contributed by atoms with van der Waals surface area (Å²) in [6.45, 7) is 2.29. The minimum Gasteiger partial charge on any atom is -0.397 e. The number of nitrogens with one attached hydrogen (secondary N) is 1. The molecule has 2 unspecified atom stereocenters. The molecule has 1 saturated carbocycles. The van der Waals surface area contributed by atoms with Gasteiger partial charge in [0.2, 0.25) is 0 Å². The van der Waals surface area contributed by atoms with Crippen molar-refractivity contribution in [1.82, 2.24) is 0 Å². The first-order valence-corrected chi connectivity index (χ1v) is 7.31. The molecule has 1 aliphatic carbocycles. The van der Waals surface area contributed by atoms with E-state index in [-0.39, 0.29) is 0 Å². The van der Waals surface area contributed by atoms with Crippen molar-refractivity contribution in [3.8, 4) is 0 Å². The molecule has 1 aromatic rings. The topological polar surface area (TPSA) is 38.0 Å². The van der Waals surface area contributed by atoms with E-state index in [9.17, 15) is 0 Å². The van der Waals surface area contributed by atoms with Crippen LogP contribution in [0.4, 0.5) is 11.4 Å². The molecule has 0 aromatic heterocycles. The fourth-order valence-electron chi connectivity index (χ4n) is 2.74. The zero-order valence-corrected chi connectivity index (χ0v) is 12.0. The Morgan fingerprint density at radius 2 is 2.12 bits per heavy atom. The van der Waals surface area contributed by atoms with Crippen LogP contribution in [-0.2, 0) is 0 Å². The van der Waals surface area contributed by atoms with E-state index < -0.39 is 0 Å². The van der Waals surface area contributed by atoms with Gasteiger partial charge < -0.3 is 11.1 Å². The van der Waals surface area contributed by atoms with Gasteiger partial charge in [0.1, 0.15) is 0 Å². The molecule has 2 atom stereocenters. The van der Waals surface area contributed by atoms with Crippen LogP contribution in [0.25, 0.3) is 0 Å². The number of hydrogen-bond acceptors (Lipinski definition) is 2. The highest BCUT2D eigenvalue weighted by Crippen LogP contribution is 2.32. The fraction of sp³-hybridized carbons (Fsp3) is 0.571. The summed E-state index contributed by atoms with van der Waals surface area (Å²) in [5.74, 6) is 0.794. The molecule has 0 bridgehead atoms. The summed E-state index contributed by atoms with van der Waals surface area (Å²) in [6.07, 6.45) is 6.59. The highest BCUT2D eigenvalue weighted by molar-refractivity contribution is 9.10. The predicted octanol–water partition coefficient (Wildman–Crippen LogP) is 4.41. The molecule has 0 spiro atoms. The Morgan fingerprint density at radius 3 is 2.88 bits per heavy atom. The molecule has 1 fully saturated rings. The molecule has 0 aliphatic heterocycles. The molecular formula is C14H21BrN2. The third-order valence-corrected chi connectivity index (χ3v) is 4.28. The number of anilines is 2. The average Bonchev–Trinajstić information content (AvgIpc) is 2.34. The van der Waals surface area contributed by atoms with Crippen molar-refractivity contribution in [2.75, 3.05) is 11.1 Å². The summed E-state index contributed by atoms with van der Waals surface area (Å²) in [4.78, 5) is 0. The van der Waals surface area contributed by atoms with Gasteiger partial charge in [-0.05, 0) is 37.0 Å². The van der Waals surface area contributed by atoms with Crippen molar-refractivity contribution in [1.29, 1.82) is 0 Å². The summed E-state index contributed by atoms with van der Waals surface area (Å²) < 4.78 is 1.08. The number of nitrogens with two attached hydrogens (primary N) is 1. The van der Waals surface area contributed by atoms with Gasteiger partial charge in [-0.25, -0.2) is 0 Å². The van der Waals surface area contributed by atoms with Gasteiger partial charge in [-0.3, -0.25) is 0 Å². The van der Waals surface area contributed by atoms with Crippen LogP contribution in [0.1, 0.15) is 39.0 Å². The number of hydrogen-bond donors (Lipinski definition) is 2. The Morgan fingerprint density at radius 1 is 1.35 bits per heavy atom. The maximum absolute atomic E-state index is 6.01. The summed E-state index contributed by atoms with van der Waals surface area (Å²) in [5.41, 5.74) is 7.93. The number of halogens is 1. The highest BCUT2D eigenvalue weighted by Gasteiger charge is 2.23. The van der Waals surface area contributed by atoms with Crippen LogP contribution in [0.2, 0.25) is 0 Å². The molecule has 0 saturated heterocycles. The third-order valence-electron chi connectivity index (χ3n) is 3.79. The van der Waals surface area contributed by atoms with E-state index in [1.54, 1.807) is 0 Å².